The van der Waals surface area contributed by atoms with Gasteiger partial charge in [0.2, 0.25) is 5.95 Å². The van der Waals surface area contributed by atoms with Gasteiger partial charge in [0, 0.05) is 17.2 Å². The highest BCUT2D eigenvalue weighted by molar-refractivity contribution is 9.10. The highest BCUT2D eigenvalue weighted by Crippen LogP contribution is 2.33. The highest BCUT2D eigenvalue weighted by Gasteiger charge is 2.10. The molecule has 0 aliphatic heterocycles. The first-order valence-corrected chi connectivity index (χ1v) is 6.33. The maximum absolute atomic E-state index is 13.5. The molecular weight excluding hydrogens is 326 g/mol. The molecule has 0 aliphatic carbocycles. The number of anilines is 1. The van der Waals surface area contributed by atoms with E-state index in [2.05, 4.69) is 31.3 Å². The number of nitrogen functional groups attached to an aromatic ring is 1. The zero-order valence-electron chi connectivity index (χ0n) is 8.82. The molecule has 0 amide bonds. The minimum Gasteiger partial charge on any atom is -0.292 e. The number of nitrogens with zero attached hydrogens (tertiary/aromatic N) is 2. The molecule has 1 aromatic heterocycles. The fraction of sp³-hybridized carbons (Fsp3) is 0. The van der Waals surface area contributed by atoms with Crippen molar-refractivity contribution >= 4 is 33.6 Å². The van der Waals surface area contributed by atoms with Gasteiger partial charge in [-0.3, -0.25) is 5.43 Å². The SMILES string of the molecule is NNc1ncc(Br)c(Sc2ccc(F)cc2F)n1. The van der Waals surface area contributed by atoms with E-state index < -0.39 is 11.6 Å². The number of aromatic nitrogens is 2. The van der Waals surface area contributed by atoms with Crippen molar-refractivity contribution in [2.24, 2.45) is 5.84 Å². The number of benzene rings is 1. The Kier molecular flexibility index (Phi) is 4.10. The van der Waals surface area contributed by atoms with E-state index in [1.165, 1.54) is 18.3 Å². The van der Waals surface area contributed by atoms with Crippen molar-refractivity contribution in [3.8, 4) is 0 Å². The van der Waals surface area contributed by atoms with E-state index in [4.69, 9.17) is 5.84 Å². The van der Waals surface area contributed by atoms with Gasteiger partial charge in [-0.25, -0.2) is 24.6 Å². The van der Waals surface area contributed by atoms with Crippen LogP contribution in [0.4, 0.5) is 14.7 Å². The van der Waals surface area contributed by atoms with Crippen LogP contribution in [0, 0.1) is 11.6 Å². The molecular formula is C10H7BrF2N4S. The molecule has 0 saturated heterocycles. The predicted octanol–water partition coefficient (Wildman–Crippen LogP) is 2.95. The maximum Gasteiger partial charge on any atom is 0.238 e. The summed E-state index contributed by atoms with van der Waals surface area (Å²) in [4.78, 5) is 8.20. The molecule has 18 heavy (non-hydrogen) atoms. The monoisotopic (exact) mass is 332 g/mol. The Morgan fingerprint density at radius 1 is 1.33 bits per heavy atom. The van der Waals surface area contributed by atoms with E-state index in [0.717, 1.165) is 17.8 Å². The summed E-state index contributed by atoms with van der Waals surface area (Å²) in [5.41, 5.74) is 2.29. The van der Waals surface area contributed by atoms with Crippen LogP contribution < -0.4 is 11.3 Å². The number of rotatable bonds is 3. The van der Waals surface area contributed by atoms with Gasteiger partial charge in [0.05, 0.1) is 4.47 Å². The molecule has 2 rings (SSSR count). The van der Waals surface area contributed by atoms with Crippen LogP contribution in [0.2, 0.25) is 0 Å². The number of hydrazine groups is 1. The molecule has 4 nitrogen and oxygen atoms in total. The van der Waals surface area contributed by atoms with Crippen molar-refractivity contribution in [1.29, 1.82) is 0 Å². The first-order valence-electron chi connectivity index (χ1n) is 4.72. The Hall–Kier alpha value is -1.25. The fourth-order valence-electron chi connectivity index (χ4n) is 1.15. The number of nitrogens with one attached hydrogen (secondary N) is 1. The lowest BCUT2D eigenvalue weighted by Crippen LogP contribution is -2.10. The van der Waals surface area contributed by atoms with Crippen LogP contribution in [0.1, 0.15) is 0 Å². The summed E-state index contributed by atoms with van der Waals surface area (Å²) >= 11 is 4.29. The number of hydrogen-bond acceptors (Lipinski definition) is 5. The summed E-state index contributed by atoms with van der Waals surface area (Å²) in [5, 5.41) is 0.475. The van der Waals surface area contributed by atoms with Crippen LogP contribution in [0.15, 0.2) is 38.8 Å². The van der Waals surface area contributed by atoms with E-state index in [-0.39, 0.29) is 10.8 Å². The smallest absolute Gasteiger partial charge is 0.238 e. The molecule has 1 aromatic carbocycles. The minimum atomic E-state index is -0.646. The molecule has 8 heteroatoms. The lowest BCUT2D eigenvalue weighted by molar-refractivity contribution is 0.565. The number of nitrogens with two attached hydrogens (primary N) is 1. The van der Waals surface area contributed by atoms with E-state index in [0.29, 0.717) is 9.50 Å². The summed E-state index contributed by atoms with van der Waals surface area (Å²) in [6.45, 7) is 0. The number of hydrogen-bond donors (Lipinski definition) is 2. The average molecular weight is 333 g/mol. The molecule has 0 spiro atoms. The zero-order chi connectivity index (χ0) is 13.1. The summed E-state index contributed by atoms with van der Waals surface area (Å²) in [7, 11) is 0. The zero-order valence-corrected chi connectivity index (χ0v) is 11.2. The Bertz CT molecular complexity index is 582. The molecule has 1 heterocycles. The van der Waals surface area contributed by atoms with Crippen molar-refractivity contribution in [2.75, 3.05) is 5.43 Å². The maximum atomic E-state index is 13.5. The molecule has 0 fully saturated rings. The third-order valence-electron chi connectivity index (χ3n) is 1.94. The quantitative estimate of drug-likeness (QED) is 0.514. The second-order valence-electron chi connectivity index (χ2n) is 3.17. The van der Waals surface area contributed by atoms with E-state index in [1.54, 1.807) is 0 Å². The van der Waals surface area contributed by atoms with Crippen LogP contribution in [-0.4, -0.2) is 9.97 Å². The molecule has 0 aliphatic rings. The Balaban J connectivity index is 2.33. The van der Waals surface area contributed by atoms with Crippen LogP contribution in [0.25, 0.3) is 0 Å². The second kappa shape index (κ2) is 5.59. The molecule has 0 unspecified atom stereocenters. The third-order valence-corrected chi connectivity index (χ3v) is 3.84. The van der Waals surface area contributed by atoms with Crippen LogP contribution in [0.3, 0.4) is 0 Å². The van der Waals surface area contributed by atoms with Gasteiger partial charge in [-0.1, -0.05) is 11.8 Å². The molecule has 0 radical (unpaired) electrons. The Morgan fingerprint density at radius 3 is 2.78 bits per heavy atom. The van der Waals surface area contributed by atoms with Gasteiger partial charge in [-0.15, -0.1) is 0 Å². The van der Waals surface area contributed by atoms with Crippen molar-refractivity contribution in [1.82, 2.24) is 9.97 Å². The Labute approximate surface area is 114 Å². The van der Waals surface area contributed by atoms with Crippen molar-refractivity contribution in [2.45, 2.75) is 9.92 Å². The third kappa shape index (κ3) is 2.95. The van der Waals surface area contributed by atoms with Gasteiger partial charge in [0.1, 0.15) is 16.7 Å². The van der Waals surface area contributed by atoms with Gasteiger partial charge in [-0.05, 0) is 28.1 Å². The lowest BCUT2D eigenvalue weighted by atomic mass is 10.3. The van der Waals surface area contributed by atoms with E-state index >= 15 is 0 Å². The minimum absolute atomic E-state index is 0.211. The standard InChI is InChI=1S/C10H7BrF2N4S/c11-6-4-15-10(17-14)16-9(6)18-8-2-1-5(12)3-7(8)13/h1-4H,14H2,(H,15,16,17). The van der Waals surface area contributed by atoms with Crippen molar-refractivity contribution in [3.63, 3.8) is 0 Å². The molecule has 0 saturated carbocycles. The van der Waals surface area contributed by atoms with Gasteiger partial charge < -0.3 is 0 Å². The molecule has 0 atom stereocenters. The Morgan fingerprint density at radius 2 is 2.11 bits per heavy atom. The fourth-order valence-corrected chi connectivity index (χ4v) is 2.37. The normalized spacial score (nSPS) is 10.4. The predicted molar refractivity (Wildman–Crippen MR) is 68.0 cm³/mol. The summed E-state index contributed by atoms with van der Waals surface area (Å²) in [6.07, 6.45) is 1.49. The summed E-state index contributed by atoms with van der Waals surface area (Å²) in [6, 6.07) is 3.35. The van der Waals surface area contributed by atoms with Gasteiger partial charge in [-0.2, -0.15) is 0 Å². The van der Waals surface area contributed by atoms with Crippen LogP contribution in [-0.2, 0) is 0 Å². The molecule has 3 N–H and O–H groups in total. The average Bonchev–Trinajstić information content (AvgIpc) is 2.35. The summed E-state index contributed by atoms with van der Waals surface area (Å²) < 4.78 is 26.9. The molecule has 2 aromatic rings. The first kappa shape index (κ1) is 13.2. The van der Waals surface area contributed by atoms with Crippen LogP contribution in [0.5, 0.6) is 0 Å². The second-order valence-corrected chi connectivity index (χ2v) is 5.05. The van der Waals surface area contributed by atoms with Gasteiger partial charge >= 0.3 is 0 Å². The van der Waals surface area contributed by atoms with Gasteiger partial charge in [0.15, 0.2) is 0 Å². The van der Waals surface area contributed by atoms with Crippen LogP contribution >= 0.6 is 27.7 Å². The number of halogens is 3. The topological polar surface area (TPSA) is 63.8 Å². The van der Waals surface area contributed by atoms with Crippen molar-refractivity contribution < 1.29 is 8.78 Å². The largest absolute Gasteiger partial charge is 0.292 e. The highest BCUT2D eigenvalue weighted by atomic mass is 79.9. The first-order chi connectivity index (χ1) is 8.60. The van der Waals surface area contributed by atoms with Crippen molar-refractivity contribution in [3.05, 3.63) is 40.5 Å². The molecule has 0 bridgehead atoms. The lowest BCUT2D eigenvalue weighted by Gasteiger charge is -2.06. The van der Waals surface area contributed by atoms with Gasteiger partial charge in [0.25, 0.3) is 0 Å². The molecule has 94 valence electrons. The van der Waals surface area contributed by atoms with E-state index in [1.807, 2.05) is 0 Å². The summed E-state index contributed by atoms with van der Waals surface area (Å²) in [5.74, 6) is 4.13. The van der Waals surface area contributed by atoms with E-state index in [9.17, 15) is 8.78 Å².